The summed E-state index contributed by atoms with van der Waals surface area (Å²) in [7, 11) is 0. The molecule has 0 spiro atoms. The Bertz CT molecular complexity index is 1090. The standard InChI is InChI=1S/C24H22N2O3/c1-16-10-12-19(13-11-16)25-22(27)15-26-21-9-4-3-8-20(21)24(29,23(26)28)18-7-5-6-17(2)14-18/h3-14,29H,15H2,1-2H3,(H,25,27). The van der Waals surface area contributed by atoms with Crippen molar-refractivity contribution in [3.05, 3.63) is 95.1 Å². The number of nitrogens with one attached hydrogen (secondary N) is 1. The first kappa shape index (κ1) is 18.9. The van der Waals surface area contributed by atoms with Crippen LogP contribution in [0.3, 0.4) is 0 Å². The SMILES string of the molecule is Cc1ccc(NC(=O)CN2C(=O)C(O)(c3cccc(C)c3)c3ccccc32)cc1. The summed E-state index contributed by atoms with van der Waals surface area (Å²) >= 11 is 0. The second kappa shape index (κ2) is 7.18. The minimum Gasteiger partial charge on any atom is -0.372 e. The normalized spacial score (nSPS) is 17.9. The van der Waals surface area contributed by atoms with Crippen molar-refractivity contribution in [1.29, 1.82) is 0 Å². The first-order valence-corrected chi connectivity index (χ1v) is 9.47. The molecule has 1 aliphatic rings. The van der Waals surface area contributed by atoms with Gasteiger partial charge in [-0.25, -0.2) is 0 Å². The maximum Gasteiger partial charge on any atom is 0.268 e. The van der Waals surface area contributed by atoms with Crippen molar-refractivity contribution >= 4 is 23.2 Å². The van der Waals surface area contributed by atoms with Crippen LogP contribution in [0.4, 0.5) is 11.4 Å². The summed E-state index contributed by atoms with van der Waals surface area (Å²) in [6.45, 7) is 3.69. The Morgan fingerprint density at radius 3 is 2.41 bits per heavy atom. The van der Waals surface area contributed by atoms with E-state index < -0.39 is 11.5 Å². The maximum atomic E-state index is 13.3. The molecule has 5 nitrogen and oxygen atoms in total. The van der Waals surface area contributed by atoms with Crippen molar-refractivity contribution < 1.29 is 14.7 Å². The van der Waals surface area contributed by atoms with Gasteiger partial charge in [0.1, 0.15) is 6.54 Å². The van der Waals surface area contributed by atoms with Crippen LogP contribution in [0.2, 0.25) is 0 Å². The van der Waals surface area contributed by atoms with Crippen LogP contribution in [0.5, 0.6) is 0 Å². The van der Waals surface area contributed by atoms with Crippen molar-refractivity contribution in [2.75, 3.05) is 16.8 Å². The van der Waals surface area contributed by atoms with Gasteiger partial charge in [0.25, 0.3) is 5.91 Å². The smallest absolute Gasteiger partial charge is 0.268 e. The van der Waals surface area contributed by atoms with Crippen LogP contribution >= 0.6 is 0 Å². The van der Waals surface area contributed by atoms with Gasteiger partial charge in [-0.2, -0.15) is 0 Å². The number of hydrogen-bond donors (Lipinski definition) is 2. The molecular formula is C24H22N2O3. The van der Waals surface area contributed by atoms with Crippen LogP contribution < -0.4 is 10.2 Å². The van der Waals surface area contributed by atoms with Gasteiger partial charge in [0, 0.05) is 11.3 Å². The fraction of sp³-hybridized carbons (Fsp3) is 0.167. The highest BCUT2D eigenvalue weighted by Gasteiger charge is 2.51. The third kappa shape index (κ3) is 3.30. The lowest BCUT2D eigenvalue weighted by atomic mass is 9.87. The first-order valence-electron chi connectivity index (χ1n) is 9.47. The van der Waals surface area contributed by atoms with Crippen LogP contribution in [-0.2, 0) is 15.2 Å². The van der Waals surface area contributed by atoms with Crippen LogP contribution in [0, 0.1) is 13.8 Å². The van der Waals surface area contributed by atoms with Crippen LogP contribution in [0.15, 0.2) is 72.8 Å². The van der Waals surface area contributed by atoms with E-state index >= 15 is 0 Å². The van der Waals surface area contributed by atoms with E-state index in [1.807, 2.05) is 50.2 Å². The van der Waals surface area contributed by atoms with E-state index in [1.165, 1.54) is 4.90 Å². The van der Waals surface area contributed by atoms with Gasteiger partial charge in [-0.3, -0.25) is 14.5 Å². The monoisotopic (exact) mass is 386 g/mol. The largest absolute Gasteiger partial charge is 0.372 e. The lowest BCUT2D eigenvalue weighted by Gasteiger charge is -2.24. The third-order valence-electron chi connectivity index (χ3n) is 5.21. The summed E-state index contributed by atoms with van der Waals surface area (Å²) in [5, 5.41) is 14.3. The number of rotatable bonds is 4. The van der Waals surface area contributed by atoms with E-state index in [2.05, 4.69) is 5.32 Å². The van der Waals surface area contributed by atoms with E-state index in [0.717, 1.165) is 11.1 Å². The predicted molar refractivity (Wildman–Crippen MR) is 113 cm³/mol. The maximum absolute atomic E-state index is 13.3. The number of carbonyl (C=O) groups excluding carboxylic acids is 2. The molecule has 0 saturated heterocycles. The number of aryl methyl sites for hydroxylation is 2. The van der Waals surface area contributed by atoms with E-state index in [1.54, 1.807) is 36.4 Å². The molecule has 5 heteroatoms. The number of fused-ring (bicyclic) bond motifs is 1. The second-order valence-corrected chi connectivity index (χ2v) is 7.40. The minimum atomic E-state index is -1.81. The number of benzene rings is 3. The zero-order chi connectivity index (χ0) is 20.6. The van der Waals surface area contributed by atoms with Gasteiger partial charge in [0.05, 0.1) is 5.69 Å². The van der Waals surface area contributed by atoms with Gasteiger partial charge in [0.15, 0.2) is 5.60 Å². The molecule has 1 aliphatic heterocycles. The molecule has 0 aromatic heterocycles. The van der Waals surface area contributed by atoms with Crippen LogP contribution in [0.25, 0.3) is 0 Å². The van der Waals surface area contributed by atoms with Gasteiger partial charge in [-0.05, 0) is 37.6 Å². The summed E-state index contributed by atoms with van der Waals surface area (Å²) in [4.78, 5) is 27.3. The lowest BCUT2D eigenvalue weighted by molar-refractivity contribution is -0.133. The molecule has 146 valence electrons. The molecular weight excluding hydrogens is 364 g/mol. The molecule has 2 N–H and O–H groups in total. The average Bonchev–Trinajstić information content (AvgIpc) is 2.93. The minimum absolute atomic E-state index is 0.183. The van der Waals surface area contributed by atoms with Crippen molar-refractivity contribution in [3.63, 3.8) is 0 Å². The Hall–Kier alpha value is -3.44. The molecule has 0 fully saturated rings. The number of amides is 2. The molecule has 3 aromatic carbocycles. The zero-order valence-corrected chi connectivity index (χ0v) is 16.3. The molecule has 0 bridgehead atoms. The molecule has 29 heavy (non-hydrogen) atoms. The van der Waals surface area contributed by atoms with E-state index in [4.69, 9.17) is 0 Å². The third-order valence-corrected chi connectivity index (χ3v) is 5.21. The van der Waals surface area contributed by atoms with E-state index in [0.29, 0.717) is 22.5 Å². The quantitative estimate of drug-likeness (QED) is 0.721. The fourth-order valence-electron chi connectivity index (χ4n) is 3.72. The van der Waals surface area contributed by atoms with Gasteiger partial charge in [0.2, 0.25) is 5.91 Å². The summed E-state index contributed by atoms with van der Waals surface area (Å²) in [5.74, 6) is -0.853. The van der Waals surface area contributed by atoms with Gasteiger partial charge in [-0.1, -0.05) is 65.7 Å². The highest BCUT2D eigenvalue weighted by molar-refractivity contribution is 6.12. The molecule has 0 aliphatic carbocycles. The number of hydrogen-bond acceptors (Lipinski definition) is 3. The molecule has 2 amide bonds. The Balaban J connectivity index is 1.66. The lowest BCUT2D eigenvalue weighted by Crippen LogP contribution is -2.44. The molecule has 1 atom stereocenters. The first-order chi connectivity index (χ1) is 13.9. The van der Waals surface area contributed by atoms with Gasteiger partial charge >= 0.3 is 0 Å². The Labute approximate surface area is 169 Å². The zero-order valence-electron chi connectivity index (χ0n) is 16.3. The molecule has 1 unspecified atom stereocenters. The molecule has 1 heterocycles. The van der Waals surface area contributed by atoms with Crippen LogP contribution in [0.1, 0.15) is 22.3 Å². The summed E-state index contributed by atoms with van der Waals surface area (Å²) < 4.78 is 0. The second-order valence-electron chi connectivity index (χ2n) is 7.40. The fourth-order valence-corrected chi connectivity index (χ4v) is 3.72. The summed E-state index contributed by atoms with van der Waals surface area (Å²) in [6, 6.07) is 21.7. The van der Waals surface area contributed by atoms with E-state index in [9.17, 15) is 14.7 Å². The highest BCUT2D eigenvalue weighted by Crippen LogP contribution is 2.44. The molecule has 0 saturated carbocycles. The topological polar surface area (TPSA) is 69.6 Å². The summed E-state index contributed by atoms with van der Waals surface area (Å²) in [6.07, 6.45) is 0. The number of aliphatic hydroxyl groups is 1. The number of nitrogens with zero attached hydrogens (tertiary/aromatic N) is 1. The van der Waals surface area contributed by atoms with Crippen molar-refractivity contribution in [1.82, 2.24) is 0 Å². The van der Waals surface area contributed by atoms with Crippen molar-refractivity contribution in [2.45, 2.75) is 19.4 Å². The number of anilines is 2. The number of carbonyl (C=O) groups is 2. The Morgan fingerprint density at radius 2 is 1.69 bits per heavy atom. The van der Waals surface area contributed by atoms with Crippen molar-refractivity contribution in [2.24, 2.45) is 0 Å². The molecule has 3 aromatic rings. The van der Waals surface area contributed by atoms with Gasteiger partial charge in [-0.15, -0.1) is 0 Å². The average molecular weight is 386 g/mol. The van der Waals surface area contributed by atoms with Crippen molar-refractivity contribution in [3.8, 4) is 0 Å². The highest BCUT2D eigenvalue weighted by atomic mass is 16.3. The predicted octanol–water partition coefficient (Wildman–Crippen LogP) is 3.52. The van der Waals surface area contributed by atoms with E-state index in [-0.39, 0.29) is 12.5 Å². The number of para-hydroxylation sites is 1. The van der Waals surface area contributed by atoms with Crippen LogP contribution in [-0.4, -0.2) is 23.5 Å². The molecule has 4 rings (SSSR count). The Kier molecular flexibility index (Phi) is 4.68. The molecule has 0 radical (unpaired) electrons. The summed E-state index contributed by atoms with van der Waals surface area (Å²) in [5.41, 5.74) is 2.41. The van der Waals surface area contributed by atoms with Gasteiger partial charge < -0.3 is 10.4 Å². The Morgan fingerprint density at radius 1 is 0.966 bits per heavy atom.